The van der Waals surface area contributed by atoms with Gasteiger partial charge in [-0.25, -0.2) is 0 Å². The van der Waals surface area contributed by atoms with Gasteiger partial charge in [0, 0.05) is 4.83 Å². The fourth-order valence-corrected chi connectivity index (χ4v) is 4.96. The normalized spacial score (nSPS) is 12.2. The second-order valence-corrected chi connectivity index (χ2v) is 10.1. The second-order valence-electron chi connectivity index (χ2n) is 8.97. The molecule has 0 N–H and O–H groups in total. The Hall–Kier alpha value is -0.820. The molecule has 1 aromatic carbocycles. The molecule has 0 heterocycles. The van der Waals surface area contributed by atoms with E-state index >= 15 is 0 Å². The first-order valence-electron chi connectivity index (χ1n) is 12.7. The predicted octanol–water partition coefficient (Wildman–Crippen LogP) is 10.7. The summed E-state index contributed by atoms with van der Waals surface area (Å²) in [7, 11) is 0. The fourth-order valence-electron chi connectivity index (χ4n) is 4.33. The van der Waals surface area contributed by atoms with Gasteiger partial charge in [-0.3, -0.25) is 0 Å². The maximum Gasteiger partial charge on any atom is 0.0395 e. The SMILES string of the molecule is C=CCC(CC=C)CCCCCCCCCCCCCCCC(Br)c1ccccc1. The van der Waals surface area contributed by atoms with Gasteiger partial charge in [0.15, 0.2) is 0 Å². The third-order valence-corrected chi connectivity index (χ3v) is 7.22. The van der Waals surface area contributed by atoms with Crippen molar-refractivity contribution in [2.24, 2.45) is 5.92 Å². The Bertz CT molecular complexity index is 496. The van der Waals surface area contributed by atoms with Crippen molar-refractivity contribution in [1.29, 1.82) is 0 Å². The molecule has 0 saturated heterocycles. The van der Waals surface area contributed by atoms with E-state index < -0.39 is 0 Å². The van der Waals surface area contributed by atoms with Gasteiger partial charge in [-0.05, 0) is 37.2 Å². The molecule has 1 rings (SSSR count). The Labute approximate surface area is 196 Å². The molecule has 1 unspecified atom stereocenters. The van der Waals surface area contributed by atoms with Gasteiger partial charge < -0.3 is 0 Å². The van der Waals surface area contributed by atoms with Crippen molar-refractivity contribution >= 4 is 15.9 Å². The molecule has 0 nitrogen and oxygen atoms in total. The van der Waals surface area contributed by atoms with E-state index in [1.165, 1.54) is 102 Å². The second kappa shape index (κ2) is 20.1. The average Bonchev–Trinajstić information content (AvgIpc) is 2.77. The van der Waals surface area contributed by atoms with Crippen molar-refractivity contribution in [2.75, 3.05) is 0 Å². The fraction of sp³-hybridized carbons (Fsp3) is 0.655. The first-order valence-corrected chi connectivity index (χ1v) is 13.6. The Kier molecular flexibility index (Phi) is 18.2. The van der Waals surface area contributed by atoms with Crippen molar-refractivity contribution in [3.63, 3.8) is 0 Å². The van der Waals surface area contributed by atoms with Gasteiger partial charge in [-0.1, -0.05) is 142 Å². The monoisotopic (exact) mass is 474 g/mol. The van der Waals surface area contributed by atoms with Crippen LogP contribution in [-0.2, 0) is 0 Å². The summed E-state index contributed by atoms with van der Waals surface area (Å²) in [5.41, 5.74) is 1.42. The van der Waals surface area contributed by atoms with Crippen molar-refractivity contribution in [1.82, 2.24) is 0 Å². The van der Waals surface area contributed by atoms with Crippen molar-refractivity contribution in [2.45, 2.75) is 114 Å². The van der Waals surface area contributed by atoms with Gasteiger partial charge in [0.1, 0.15) is 0 Å². The number of halogens is 1. The molecule has 0 aliphatic heterocycles. The summed E-state index contributed by atoms with van der Waals surface area (Å²) in [5.74, 6) is 0.782. The minimum absolute atomic E-state index is 0.527. The molecular weight excluding hydrogens is 428 g/mol. The zero-order valence-electron chi connectivity index (χ0n) is 19.5. The molecular formula is C29H47Br. The quantitative estimate of drug-likeness (QED) is 0.0942. The number of hydrogen-bond donors (Lipinski definition) is 0. The summed E-state index contributed by atoms with van der Waals surface area (Å²) < 4.78 is 0. The Morgan fingerprint density at radius 2 is 1.00 bits per heavy atom. The van der Waals surface area contributed by atoms with Crippen LogP contribution >= 0.6 is 15.9 Å². The number of unbranched alkanes of at least 4 members (excludes halogenated alkanes) is 12. The highest BCUT2D eigenvalue weighted by molar-refractivity contribution is 9.09. The van der Waals surface area contributed by atoms with Crippen LogP contribution in [0.4, 0.5) is 0 Å². The lowest BCUT2D eigenvalue weighted by Crippen LogP contribution is -1.97. The number of alkyl halides is 1. The molecule has 170 valence electrons. The summed E-state index contributed by atoms with van der Waals surface area (Å²) in [6.45, 7) is 7.76. The lowest BCUT2D eigenvalue weighted by atomic mass is 9.94. The molecule has 0 aliphatic carbocycles. The molecule has 1 aromatic rings. The highest BCUT2D eigenvalue weighted by Crippen LogP contribution is 2.28. The van der Waals surface area contributed by atoms with E-state index in [-0.39, 0.29) is 0 Å². The third-order valence-electron chi connectivity index (χ3n) is 6.23. The van der Waals surface area contributed by atoms with Gasteiger partial charge >= 0.3 is 0 Å². The lowest BCUT2D eigenvalue weighted by molar-refractivity contribution is 0.456. The van der Waals surface area contributed by atoms with E-state index in [0.717, 1.165) is 18.8 Å². The van der Waals surface area contributed by atoms with E-state index in [0.29, 0.717) is 4.83 Å². The van der Waals surface area contributed by atoms with Gasteiger partial charge in [0.2, 0.25) is 0 Å². The van der Waals surface area contributed by atoms with Crippen LogP contribution in [0.3, 0.4) is 0 Å². The highest BCUT2D eigenvalue weighted by atomic mass is 79.9. The van der Waals surface area contributed by atoms with E-state index in [1.54, 1.807) is 0 Å². The standard InChI is InChI=1S/C29H47Br/c1-3-21-27(22-4-2)23-17-14-12-10-8-6-5-7-9-11-13-15-20-26-29(30)28-24-18-16-19-25-28/h3-4,16,18-19,24-25,27,29H,1-2,5-15,17,20-23,26H2. The Balaban J connectivity index is 1.80. The molecule has 0 amide bonds. The highest BCUT2D eigenvalue weighted by Gasteiger charge is 2.06. The maximum atomic E-state index is 3.88. The molecule has 1 heteroatoms. The first kappa shape index (κ1) is 27.2. The summed E-state index contributed by atoms with van der Waals surface area (Å²) in [4.78, 5) is 0.527. The molecule has 0 saturated carbocycles. The average molecular weight is 476 g/mol. The Morgan fingerprint density at radius 1 is 0.600 bits per heavy atom. The minimum atomic E-state index is 0.527. The van der Waals surface area contributed by atoms with Crippen LogP contribution in [0, 0.1) is 5.92 Å². The molecule has 0 bridgehead atoms. The van der Waals surface area contributed by atoms with Gasteiger partial charge in [0.25, 0.3) is 0 Å². The van der Waals surface area contributed by atoms with E-state index in [4.69, 9.17) is 0 Å². The lowest BCUT2D eigenvalue weighted by Gasteiger charge is -2.12. The predicted molar refractivity (Wildman–Crippen MR) is 140 cm³/mol. The number of hydrogen-bond acceptors (Lipinski definition) is 0. The zero-order chi connectivity index (χ0) is 21.7. The largest absolute Gasteiger partial charge is 0.103 e. The molecule has 0 aromatic heterocycles. The van der Waals surface area contributed by atoms with Crippen LogP contribution < -0.4 is 0 Å². The molecule has 0 aliphatic rings. The van der Waals surface area contributed by atoms with Crippen LogP contribution in [-0.4, -0.2) is 0 Å². The third kappa shape index (κ3) is 15.1. The number of rotatable bonds is 21. The van der Waals surface area contributed by atoms with Gasteiger partial charge in [-0.2, -0.15) is 0 Å². The summed E-state index contributed by atoms with van der Waals surface area (Å²) in [5, 5.41) is 0. The van der Waals surface area contributed by atoms with E-state index in [9.17, 15) is 0 Å². The van der Waals surface area contributed by atoms with Gasteiger partial charge in [0.05, 0.1) is 0 Å². The summed E-state index contributed by atoms with van der Waals surface area (Å²) in [6.07, 6.45) is 27.4. The molecule has 30 heavy (non-hydrogen) atoms. The maximum absolute atomic E-state index is 3.88. The topological polar surface area (TPSA) is 0 Å². The van der Waals surface area contributed by atoms with Crippen LogP contribution in [0.5, 0.6) is 0 Å². The van der Waals surface area contributed by atoms with Crippen molar-refractivity contribution in [3.05, 3.63) is 61.2 Å². The van der Waals surface area contributed by atoms with Crippen LogP contribution in [0.15, 0.2) is 55.6 Å². The molecule has 1 atom stereocenters. The smallest absolute Gasteiger partial charge is 0.0395 e. The van der Waals surface area contributed by atoms with E-state index in [2.05, 4.69) is 71.6 Å². The van der Waals surface area contributed by atoms with Crippen molar-refractivity contribution < 1.29 is 0 Å². The molecule has 0 radical (unpaired) electrons. The zero-order valence-corrected chi connectivity index (χ0v) is 21.1. The number of allylic oxidation sites excluding steroid dienone is 2. The Morgan fingerprint density at radius 3 is 1.43 bits per heavy atom. The van der Waals surface area contributed by atoms with Crippen molar-refractivity contribution in [3.8, 4) is 0 Å². The summed E-state index contributed by atoms with van der Waals surface area (Å²) >= 11 is 3.84. The first-order chi connectivity index (χ1) is 14.8. The summed E-state index contributed by atoms with van der Waals surface area (Å²) in [6, 6.07) is 10.8. The van der Waals surface area contributed by atoms with Gasteiger partial charge in [-0.15, -0.1) is 13.2 Å². The van der Waals surface area contributed by atoms with Crippen LogP contribution in [0.2, 0.25) is 0 Å². The molecule has 0 fully saturated rings. The van der Waals surface area contributed by atoms with Crippen LogP contribution in [0.1, 0.15) is 120 Å². The molecule has 0 spiro atoms. The van der Waals surface area contributed by atoms with E-state index in [1.807, 2.05) is 0 Å². The van der Waals surface area contributed by atoms with Crippen LogP contribution in [0.25, 0.3) is 0 Å². The minimum Gasteiger partial charge on any atom is -0.103 e. The number of benzene rings is 1.